The first-order valence-electron chi connectivity index (χ1n) is 10.2. The van der Waals surface area contributed by atoms with Crippen molar-refractivity contribution in [2.75, 3.05) is 38.0 Å². The summed E-state index contributed by atoms with van der Waals surface area (Å²) < 4.78 is 5.80. The summed E-state index contributed by atoms with van der Waals surface area (Å²) in [5.41, 5.74) is 1.93. The summed E-state index contributed by atoms with van der Waals surface area (Å²) in [5.74, 6) is 0.837. The van der Waals surface area contributed by atoms with Gasteiger partial charge in [-0.1, -0.05) is 37.3 Å². The summed E-state index contributed by atoms with van der Waals surface area (Å²) in [4.78, 5) is 17.3. The number of anilines is 1. The van der Waals surface area contributed by atoms with Crippen molar-refractivity contribution in [1.82, 2.24) is 9.80 Å². The van der Waals surface area contributed by atoms with Crippen molar-refractivity contribution in [3.63, 3.8) is 0 Å². The molecule has 0 unspecified atom stereocenters. The Morgan fingerprint density at radius 1 is 1.04 bits per heavy atom. The molecule has 1 N–H and O–H groups in total. The second-order valence-corrected chi connectivity index (χ2v) is 7.34. The maximum Gasteiger partial charge on any atom is 0.241 e. The van der Waals surface area contributed by atoms with Crippen molar-refractivity contribution in [1.29, 1.82) is 0 Å². The summed E-state index contributed by atoms with van der Waals surface area (Å²) in [6.45, 7) is 9.85. The summed E-state index contributed by atoms with van der Waals surface area (Å²) in [6.07, 6.45) is 1.18. The van der Waals surface area contributed by atoms with Crippen LogP contribution in [-0.2, 0) is 11.4 Å². The van der Waals surface area contributed by atoms with Crippen molar-refractivity contribution >= 4 is 11.6 Å². The highest BCUT2D eigenvalue weighted by molar-refractivity contribution is 5.94. The van der Waals surface area contributed by atoms with Gasteiger partial charge in [0.1, 0.15) is 12.4 Å². The van der Waals surface area contributed by atoms with E-state index in [1.165, 1.54) is 6.42 Å². The van der Waals surface area contributed by atoms with Gasteiger partial charge < -0.3 is 15.0 Å². The monoisotopic (exact) mass is 381 g/mol. The van der Waals surface area contributed by atoms with E-state index in [9.17, 15) is 4.79 Å². The van der Waals surface area contributed by atoms with Crippen molar-refractivity contribution < 1.29 is 9.53 Å². The van der Waals surface area contributed by atoms with E-state index in [0.29, 0.717) is 6.61 Å². The third kappa shape index (κ3) is 5.81. The van der Waals surface area contributed by atoms with E-state index in [0.717, 1.165) is 49.7 Å². The van der Waals surface area contributed by atoms with Gasteiger partial charge in [-0.3, -0.25) is 9.69 Å². The number of ether oxygens (including phenoxy) is 1. The summed E-state index contributed by atoms with van der Waals surface area (Å²) in [5, 5.41) is 3.03. The number of carbonyl (C=O) groups excluding carboxylic acids is 1. The molecule has 5 nitrogen and oxygen atoms in total. The largest absolute Gasteiger partial charge is 0.489 e. The summed E-state index contributed by atoms with van der Waals surface area (Å²) >= 11 is 0. The molecule has 3 rings (SSSR count). The Labute approximate surface area is 168 Å². The van der Waals surface area contributed by atoms with E-state index in [-0.39, 0.29) is 11.9 Å². The smallest absolute Gasteiger partial charge is 0.241 e. The van der Waals surface area contributed by atoms with Gasteiger partial charge in [-0.15, -0.1) is 0 Å². The maximum absolute atomic E-state index is 12.6. The van der Waals surface area contributed by atoms with Crippen LogP contribution in [0.15, 0.2) is 54.6 Å². The van der Waals surface area contributed by atoms with Crippen LogP contribution >= 0.6 is 0 Å². The van der Waals surface area contributed by atoms with E-state index >= 15 is 0 Å². The molecule has 0 bridgehead atoms. The van der Waals surface area contributed by atoms with Gasteiger partial charge in [-0.2, -0.15) is 0 Å². The average Bonchev–Trinajstić information content (AvgIpc) is 2.74. The molecule has 1 atom stereocenters. The standard InChI is InChI=1S/C23H31N3O2/c1-3-13-25-14-16-26(17-15-25)19(2)23(27)24-21-9-11-22(12-10-21)28-18-20-7-5-4-6-8-20/h4-12,19H,3,13-18H2,1-2H3,(H,24,27)/t19-/m0/s1. The lowest BCUT2D eigenvalue weighted by Crippen LogP contribution is -2.52. The lowest BCUT2D eigenvalue weighted by Gasteiger charge is -2.37. The zero-order chi connectivity index (χ0) is 19.8. The van der Waals surface area contributed by atoms with Crippen LogP contribution in [0.1, 0.15) is 25.8 Å². The van der Waals surface area contributed by atoms with E-state index < -0.39 is 0 Å². The number of carbonyl (C=O) groups is 1. The van der Waals surface area contributed by atoms with Gasteiger partial charge in [0.2, 0.25) is 5.91 Å². The molecular formula is C23H31N3O2. The van der Waals surface area contributed by atoms with Crippen LogP contribution in [0.4, 0.5) is 5.69 Å². The Bertz CT molecular complexity index is 725. The van der Waals surface area contributed by atoms with Gasteiger partial charge in [0.15, 0.2) is 0 Å². The second-order valence-electron chi connectivity index (χ2n) is 7.34. The quantitative estimate of drug-likeness (QED) is 0.759. The van der Waals surface area contributed by atoms with Crippen LogP contribution in [0.2, 0.25) is 0 Å². The summed E-state index contributed by atoms with van der Waals surface area (Å²) in [6, 6.07) is 17.5. The molecular weight excluding hydrogens is 350 g/mol. The molecule has 0 spiro atoms. The number of hydrogen-bond donors (Lipinski definition) is 1. The fourth-order valence-corrected chi connectivity index (χ4v) is 3.48. The number of nitrogens with one attached hydrogen (secondary N) is 1. The fraction of sp³-hybridized carbons (Fsp3) is 0.435. The number of benzene rings is 2. The molecule has 150 valence electrons. The van der Waals surface area contributed by atoms with E-state index in [1.807, 2.05) is 61.5 Å². The van der Waals surface area contributed by atoms with Crippen LogP contribution in [0.25, 0.3) is 0 Å². The second kappa shape index (κ2) is 10.2. The van der Waals surface area contributed by atoms with Crippen molar-refractivity contribution in [3.8, 4) is 5.75 Å². The Balaban J connectivity index is 1.46. The zero-order valence-corrected chi connectivity index (χ0v) is 16.9. The molecule has 28 heavy (non-hydrogen) atoms. The van der Waals surface area contributed by atoms with Gasteiger partial charge in [0.25, 0.3) is 0 Å². The van der Waals surface area contributed by atoms with Crippen LogP contribution < -0.4 is 10.1 Å². The Hall–Kier alpha value is -2.37. The third-order valence-corrected chi connectivity index (χ3v) is 5.24. The molecule has 1 aliphatic rings. The van der Waals surface area contributed by atoms with Gasteiger partial charge in [-0.25, -0.2) is 0 Å². The minimum atomic E-state index is -0.127. The third-order valence-electron chi connectivity index (χ3n) is 5.24. The first-order valence-corrected chi connectivity index (χ1v) is 10.2. The Kier molecular flexibility index (Phi) is 7.46. The highest BCUT2D eigenvalue weighted by Gasteiger charge is 2.25. The number of hydrogen-bond acceptors (Lipinski definition) is 4. The molecule has 5 heteroatoms. The lowest BCUT2D eigenvalue weighted by molar-refractivity contribution is -0.121. The first-order chi connectivity index (χ1) is 13.7. The highest BCUT2D eigenvalue weighted by atomic mass is 16.5. The molecule has 1 aliphatic heterocycles. The molecule has 1 saturated heterocycles. The van der Waals surface area contributed by atoms with Crippen LogP contribution in [0.3, 0.4) is 0 Å². The minimum absolute atomic E-state index is 0.0434. The van der Waals surface area contributed by atoms with Gasteiger partial charge in [0, 0.05) is 31.9 Å². The molecule has 2 aromatic carbocycles. The molecule has 1 amide bonds. The number of amides is 1. The van der Waals surface area contributed by atoms with Crippen molar-refractivity contribution in [2.45, 2.75) is 32.9 Å². The SMILES string of the molecule is CCCN1CCN([C@@H](C)C(=O)Nc2ccc(OCc3ccccc3)cc2)CC1. The van der Waals surface area contributed by atoms with Gasteiger partial charge >= 0.3 is 0 Å². The topological polar surface area (TPSA) is 44.8 Å². The van der Waals surface area contributed by atoms with E-state index in [1.54, 1.807) is 0 Å². The van der Waals surface area contributed by atoms with Gasteiger partial charge in [-0.05, 0) is 49.7 Å². The summed E-state index contributed by atoms with van der Waals surface area (Å²) in [7, 11) is 0. The first kappa shape index (κ1) is 20.4. The molecule has 1 heterocycles. The fourth-order valence-electron chi connectivity index (χ4n) is 3.48. The number of nitrogens with zero attached hydrogens (tertiary/aromatic N) is 2. The zero-order valence-electron chi connectivity index (χ0n) is 16.9. The Morgan fingerprint density at radius 2 is 1.71 bits per heavy atom. The maximum atomic E-state index is 12.6. The van der Waals surface area contributed by atoms with Crippen LogP contribution in [0.5, 0.6) is 5.75 Å². The molecule has 0 aliphatic carbocycles. The number of piperazine rings is 1. The predicted molar refractivity (Wildman–Crippen MR) is 114 cm³/mol. The van der Waals surface area contributed by atoms with Crippen molar-refractivity contribution in [3.05, 3.63) is 60.2 Å². The van der Waals surface area contributed by atoms with Crippen molar-refractivity contribution in [2.24, 2.45) is 0 Å². The van der Waals surface area contributed by atoms with Crippen LogP contribution in [-0.4, -0.2) is 54.5 Å². The van der Waals surface area contributed by atoms with E-state index in [4.69, 9.17) is 4.74 Å². The minimum Gasteiger partial charge on any atom is -0.489 e. The number of rotatable bonds is 8. The van der Waals surface area contributed by atoms with Gasteiger partial charge in [0.05, 0.1) is 6.04 Å². The van der Waals surface area contributed by atoms with Crippen LogP contribution in [0, 0.1) is 0 Å². The predicted octanol–water partition coefficient (Wildman–Crippen LogP) is 3.62. The molecule has 1 fully saturated rings. The molecule has 2 aromatic rings. The lowest BCUT2D eigenvalue weighted by atomic mass is 10.2. The highest BCUT2D eigenvalue weighted by Crippen LogP contribution is 2.18. The van der Waals surface area contributed by atoms with E-state index in [2.05, 4.69) is 22.0 Å². The molecule has 0 radical (unpaired) electrons. The normalized spacial score (nSPS) is 16.5. The average molecular weight is 382 g/mol. The molecule has 0 aromatic heterocycles. The Morgan fingerprint density at radius 3 is 2.36 bits per heavy atom. The molecule has 0 saturated carbocycles.